The Bertz CT molecular complexity index is 477. The molecule has 0 aromatic carbocycles. The van der Waals surface area contributed by atoms with Crippen molar-refractivity contribution in [1.29, 1.82) is 0 Å². The molecule has 0 aliphatic heterocycles. The molecule has 10 heteroatoms. The average Bonchev–Trinajstić information content (AvgIpc) is 2.27. The normalized spacial score (nSPS) is 10.8. The minimum absolute atomic E-state index is 0.130. The van der Waals surface area contributed by atoms with Gasteiger partial charge in [0.05, 0.1) is 0 Å². The standard InChI is InChI=1S/C3H3N7O3/c1-7-4-2-3(9(7)12)8(11)6-10(13)5-2/h1H3. The summed E-state index contributed by atoms with van der Waals surface area (Å²) in [7, 11) is 1.31. The van der Waals surface area contributed by atoms with Crippen molar-refractivity contribution in [3.05, 3.63) is 15.6 Å². The molecule has 2 heterocycles. The number of aromatic nitrogens is 7. The van der Waals surface area contributed by atoms with E-state index in [0.717, 1.165) is 4.80 Å². The van der Waals surface area contributed by atoms with Crippen LogP contribution in [-0.2, 0) is 7.05 Å². The van der Waals surface area contributed by atoms with Crippen LogP contribution in [0.1, 0.15) is 0 Å². The van der Waals surface area contributed by atoms with Gasteiger partial charge >= 0.3 is 11.3 Å². The van der Waals surface area contributed by atoms with Crippen molar-refractivity contribution in [2.24, 2.45) is 7.05 Å². The Morgan fingerprint density at radius 1 is 1.31 bits per heavy atom. The zero-order chi connectivity index (χ0) is 9.59. The number of hydrogen-bond donors (Lipinski definition) is 0. The summed E-state index contributed by atoms with van der Waals surface area (Å²) in [5.74, 6) is 0. The molecule has 0 aliphatic carbocycles. The first kappa shape index (κ1) is 7.39. The Balaban J connectivity index is 2.94. The number of nitrogens with zero attached hydrogens (tertiary/aromatic N) is 7. The van der Waals surface area contributed by atoms with Gasteiger partial charge in [-0.05, 0) is 4.85 Å². The average molecular weight is 185 g/mol. The topological polar surface area (TPSA) is 124 Å². The molecule has 0 radical (unpaired) electrons. The van der Waals surface area contributed by atoms with Crippen LogP contribution in [0.3, 0.4) is 0 Å². The van der Waals surface area contributed by atoms with Crippen LogP contribution < -0.4 is 14.7 Å². The molecule has 0 fully saturated rings. The molecule has 10 nitrogen and oxygen atoms in total. The molecule has 0 N–H and O–H groups in total. The van der Waals surface area contributed by atoms with E-state index in [9.17, 15) is 15.6 Å². The quantitative estimate of drug-likeness (QED) is 0.307. The van der Waals surface area contributed by atoms with Gasteiger partial charge in [-0.2, -0.15) is 0 Å². The Hall–Kier alpha value is -2.26. The highest BCUT2D eigenvalue weighted by Gasteiger charge is 2.29. The fraction of sp³-hybridized carbons (Fsp3) is 0.333. The summed E-state index contributed by atoms with van der Waals surface area (Å²) in [4.78, 5) is 0.674. The lowest BCUT2D eigenvalue weighted by Crippen LogP contribution is -2.54. The summed E-state index contributed by atoms with van der Waals surface area (Å²) in [6.07, 6.45) is 0. The number of rotatable bonds is 0. The fourth-order valence-electron chi connectivity index (χ4n) is 0.881. The van der Waals surface area contributed by atoms with Crippen LogP contribution in [0.25, 0.3) is 11.3 Å². The fourth-order valence-corrected chi connectivity index (χ4v) is 0.881. The minimum atomic E-state index is -0.422. The summed E-state index contributed by atoms with van der Waals surface area (Å²) in [5.41, 5.74) is -0.674. The highest BCUT2D eigenvalue weighted by Crippen LogP contribution is 1.90. The molecule has 0 amide bonds. The lowest BCUT2D eigenvalue weighted by molar-refractivity contribution is -0.884. The lowest BCUT2D eigenvalue weighted by Gasteiger charge is -1.94. The summed E-state index contributed by atoms with van der Waals surface area (Å²) >= 11 is 0. The van der Waals surface area contributed by atoms with E-state index in [1.165, 1.54) is 7.05 Å². The van der Waals surface area contributed by atoms with E-state index in [0.29, 0.717) is 0 Å². The van der Waals surface area contributed by atoms with Gasteiger partial charge in [0.15, 0.2) is 0 Å². The highest BCUT2D eigenvalue weighted by molar-refractivity contribution is 5.53. The van der Waals surface area contributed by atoms with Crippen molar-refractivity contribution in [2.45, 2.75) is 0 Å². The van der Waals surface area contributed by atoms with Gasteiger partial charge in [-0.25, -0.2) is 0 Å². The van der Waals surface area contributed by atoms with Crippen molar-refractivity contribution in [1.82, 2.24) is 20.2 Å². The van der Waals surface area contributed by atoms with E-state index in [-0.39, 0.29) is 20.3 Å². The third-order valence-corrected chi connectivity index (χ3v) is 1.40. The van der Waals surface area contributed by atoms with E-state index >= 15 is 0 Å². The third-order valence-electron chi connectivity index (χ3n) is 1.40. The van der Waals surface area contributed by atoms with E-state index < -0.39 is 5.65 Å². The molecular formula is C3H3N7O3. The van der Waals surface area contributed by atoms with Crippen LogP contribution in [0.5, 0.6) is 0 Å². The zero-order valence-corrected chi connectivity index (χ0v) is 6.36. The van der Waals surface area contributed by atoms with Gasteiger partial charge in [-0.15, -0.1) is 0 Å². The maximum Gasteiger partial charge on any atom is 0.506 e. The van der Waals surface area contributed by atoms with Crippen molar-refractivity contribution < 1.29 is 14.7 Å². The van der Waals surface area contributed by atoms with E-state index in [1.54, 1.807) is 0 Å². The van der Waals surface area contributed by atoms with E-state index in [1.807, 2.05) is 0 Å². The van der Waals surface area contributed by atoms with Crippen molar-refractivity contribution in [3.63, 3.8) is 0 Å². The molecule has 13 heavy (non-hydrogen) atoms. The third kappa shape index (κ3) is 0.881. The van der Waals surface area contributed by atoms with Crippen LogP contribution in [-0.4, -0.2) is 20.2 Å². The first-order valence-corrected chi connectivity index (χ1v) is 3.14. The minimum Gasteiger partial charge on any atom is -0.656 e. The Morgan fingerprint density at radius 3 is 2.69 bits per heavy atom. The molecule has 0 unspecified atom stereocenters. The second-order valence-electron chi connectivity index (χ2n) is 2.22. The molecule has 2 aromatic heterocycles. The SMILES string of the molecule is Cn1nc2n[n+]([O-])n[n+]([O-])c2[n+]1[O-]. The van der Waals surface area contributed by atoms with Gasteiger partial charge < -0.3 is 15.6 Å². The molecule has 0 saturated carbocycles. The molecule has 0 bridgehead atoms. The largest absolute Gasteiger partial charge is 0.656 e. The summed E-state index contributed by atoms with van der Waals surface area (Å²) < 4.78 is 0. The number of fused-ring (bicyclic) bond motifs is 1. The molecule has 2 rings (SSSR count). The maximum absolute atomic E-state index is 11.1. The lowest BCUT2D eigenvalue weighted by atomic mass is 10.8. The Labute approximate surface area is 69.9 Å². The van der Waals surface area contributed by atoms with Gasteiger partial charge in [0.1, 0.15) is 22.2 Å². The van der Waals surface area contributed by atoms with E-state index in [2.05, 4.69) is 15.4 Å². The van der Waals surface area contributed by atoms with Gasteiger partial charge in [-0.1, -0.05) is 4.85 Å². The van der Waals surface area contributed by atoms with Crippen molar-refractivity contribution in [3.8, 4) is 0 Å². The zero-order valence-electron chi connectivity index (χ0n) is 6.36. The van der Waals surface area contributed by atoms with E-state index in [4.69, 9.17) is 0 Å². The monoisotopic (exact) mass is 185 g/mol. The number of aryl methyl sites for hydroxylation is 1. The van der Waals surface area contributed by atoms with Gasteiger partial charge in [0, 0.05) is 4.80 Å². The predicted octanol–water partition coefficient (Wildman–Crippen LogP) is -3.74. The Morgan fingerprint density at radius 2 is 2.00 bits per heavy atom. The highest BCUT2D eigenvalue weighted by atomic mass is 16.6. The predicted molar refractivity (Wildman–Crippen MR) is 33.2 cm³/mol. The van der Waals surface area contributed by atoms with Gasteiger partial charge in [-0.3, -0.25) is 0 Å². The summed E-state index contributed by atoms with van der Waals surface area (Å²) in [5, 5.41) is 42.0. The molecule has 68 valence electrons. The molecule has 0 aliphatic rings. The van der Waals surface area contributed by atoms with Crippen LogP contribution >= 0.6 is 0 Å². The maximum atomic E-state index is 11.1. The number of hydrogen-bond acceptors (Lipinski definition) is 6. The van der Waals surface area contributed by atoms with Crippen LogP contribution in [0, 0.1) is 15.6 Å². The molecule has 0 spiro atoms. The first-order valence-electron chi connectivity index (χ1n) is 3.14. The second kappa shape index (κ2) is 2.12. The van der Waals surface area contributed by atoms with Crippen LogP contribution in [0.4, 0.5) is 0 Å². The molecular weight excluding hydrogens is 182 g/mol. The van der Waals surface area contributed by atoms with Crippen molar-refractivity contribution in [2.75, 3.05) is 0 Å². The second-order valence-corrected chi connectivity index (χ2v) is 2.22. The van der Waals surface area contributed by atoms with Crippen LogP contribution in [0.2, 0.25) is 0 Å². The molecule has 2 aromatic rings. The molecule has 0 atom stereocenters. The van der Waals surface area contributed by atoms with Crippen molar-refractivity contribution >= 4 is 11.3 Å². The summed E-state index contributed by atoms with van der Waals surface area (Å²) in [6.45, 7) is 0. The summed E-state index contributed by atoms with van der Waals surface area (Å²) in [6, 6.07) is 0. The van der Waals surface area contributed by atoms with Gasteiger partial charge in [0.25, 0.3) is 5.21 Å². The Kier molecular flexibility index (Phi) is 1.20. The van der Waals surface area contributed by atoms with Crippen LogP contribution in [0.15, 0.2) is 0 Å². The smallest absolute Gasteiger partial charge is 0.506 e. The van der Waals surface area contributed by atoms with Gasteiger partial charge in [0.2, 0.25) is 0 Å². The molecule has 0 saturated heterocycles. The first-order chi connectivity index (χ1) is 6.09.